The van der Waals surface area contributed by atoms with Gasteiger partial charge in [0, 0.05) is 43.1 Å². The molecule has 7 heteroatoms. The molecule has 2 fully saturated rings. The van der Waals surface area contributed by atoms with E-state index < -0.39 is 10.2 Å². The van der Waals surface area contributed by atoms with Gasteiger partial charge in [0.1, 0.15) is 0 Å². The van der Waals surface area contributed by atoms with Gasteiger partial charge in [-0.1, -0.05) is 6.92 Å². The molecule has 1 unspecified atom stereocenters. The van der Waals surface area contributed by atoms with E-state index >= 15 is 0 Å². The zero-order valence-corrected chi connectivity index (χ0v) is 13.1. The van der Waals surface area contributed by atoms with Crippen LogP contribution in [0, 0.1) is 5.92 Å². The van der Waals surface area contributed by atoms with Crippen molar-refractivity contribution in [2.75, 3.05) is 37.8 Å². The first-order chi connectivity index (χ1) is 8.54. The van der Waals surface area contributed by atoms with E-state index in [4.69, 9.17) is 11.6 Å². The van der Waals surface area contributed by atoms with Crippen LogP contribution in [0.1, 0.15) is 19.8 Å². The topological polar surface area (TPSA) is 40.6 Å². The Morgan fingerprint density at radius 3 is 2.44 bits per heavy atom. The van der Waals surface area contributed by atoms with Crippen molar-refractivity contribution in [1.82, 2.24) is 8.61 Å². The van der Waals surface area contributed by atoms with Gasteiger partial charge in [0.05, 0.1) is 0 Å². The van der Waals surface area contributed by atoms with Crippen LogP contribution in [-0.4, -0.2) is 60.1 Å². The number of nitrogens with zero attached hydrogens (tertiary/aromatic N) is 2. The second-order valence-corrected chi connectivity index (χ2v) is 8.83. The molecule has 4 nitrogen and oxygen atoms in total. The second kappa shape index (κ2) is 6.31. The average Bonchev–Trinajstić information content (AvgIpc) is 2.39. The Bertz CT molecular complexity index is 369. The molecular formula is C11H21ClN2O2S2. The second-order valence-electron chi connectivity index (χ2n) is 5.04. The number of halogens is 1. The van der Waals surface area contributed by atoms with Crippen LogP contribution in [0.3, 0.4) is 0 Å². The maximum Gasteiger partial charge on any atom is 0.282 e. The Kier molecular flexibility index (Phi) is 5.22. The predicted molar refractivity (Wildman–Crippen MR) is 77.4 cm³/mol. The lowest BCUT2D eigenvalue weighted by Crippen LogP contribution is -2.50. The van der Waals surface area contributed by atoms with Gasteiger partial charge in [0.2, 0.25) is 0 Å². The standard InChI is InChI=1S/C11H21ClN2O2S2/c1-10-9-14(6-7-17-10)18(15,16)13-4-2-11(8-12)3-5-13/h10-11H,2-9H2,1H3. The van der Waals surface area contributed by atoms with E-state index in [0.717, 1.165) is 18.6 Å². The predicted octanol–water partition coefficient (Wildman–Crippen LogP) is 1.62. The van der Waals surface area contributed by atoms with Gasteiger partial charge in [-0.05, 0) is 18.8 Å². The molecule has 0 amide bonds. The van der Waals surface area contributed by atoms with Gasteiger partial charge in [0.15, 0.2) is 0 Å². The van der Waals surface area contributed by atoms with E-state index in [2.05, 4.69) is 6.92 Å². The largest absolute Gasteiger partial charge is 0.282 e. The van der Waals surface area contributed by atoms with Crippen LogP contribution in [0.5, 0.6) is 0 Å². The lowest BCUT2D eigenvalue weighted by atomic mass is 10.0. The van der Waals surface area contributed by atoms with Crippen LogP contribution < -0.4 is 0 Å². The Hall–Kier alpha value is 0.510. The maximum absolute atomic E-state index is 12.5. The fraction of sp³-hybridized carbons (Fsp3) is 1.00. The molecule has 2 aliphatic heterocycles. The molecule has 0 N–H and O–H groups in total. The smallest absolute Gasteiger partial charge is 0.195 e. The van der Waals surface area contributed by atoms with E-state index in [9.17, 15) is 8.42 Å². The maximum atomic E-state index is 12.5. The van der Waals surface area contributed by atoms with Crippen molar-refractivity contribution in [3.63, 3.8) is 0 Å². The van der Waals surface area contributed by atoms with Crippen molar-refractivity contribution in [3.8, 4) is 0 Å². The number of hydrogen-bond donors (Lipinski definition) is 0. The first kappa shape index (κ1) is 14.9. The highest BCUT2D eigenvalue weighted by atomic mass is 35.5. The molecule has 2 heterocycles. The van der Waals surface area contributed by atoms with Crippen molar-refractivity contribution in [3.05, 3.63) is 0 Å². The summed E-state index contributed by atoms with van der Waals surface area (Å²) in [6.07, 6.45) is 1.78. The summed E-state index contributed by atoms with van der Waals surface area (Å²) in [6, 6.07) is 0. The van der Waals surface area contributed by atoms with E-state index in [1.165, 1.54) is 0 Å². The summed E-state index contributed by atoms with van der Waals surface area (Å²) in [5.41, 5.74) is 0. The van der Waals surface area contributed by atoms with E-state index in [1.807, 2.05) is 11.8 Å². The SMILES string of the molecule is CC1CN(S(=O)(=O)N2CCC(CCl)CC2)CCS1. The highest BCUT2D eigenvalue weighted by Crippen LogP contribution is 2.25. The van der Waals surface area contributed by atoms with E-state index in [1.54, 1.807) is 8.61 Å². The van der Waals surface area contributed by atoms with Gasteiger partial charge in [-0.3, -0.25) is 0 Å². The highest BCUT2D eigenvalue weighted by Gasteiger charge is 2.34. The molecule has 0 radical (unpaired) electrons. The van der Waals surface area contributed by atoms with Gasteiger partial charge in [-0.15, -0.1) is 11.6 Å². The highest BCUT2D eigenvalue weighted by molar-refractivity contribution is 8.00. The Morgan fingerprint density at radius 2 is 1.89 bits per heavy atom. The Labute approximate surface area is 119 Å². The third kappa shape index (κ3) is 3.33. The lowest BCUT2D eigenvalue weighted by Gasteiger charge is -2.37. The molecule has 1 atom stereocenters. The summed E-state index contributed by atoms with van der Waals surface area (Å²) >= 11 is 7.68. The van der Waals surface area contributed by atoms with Gasteiger partial charge < -0.3 is 0 Å². The molecule has 2 saturated heterocycles. The number of rotatable bonds is 3. The van der Waals surface area contributed by atoms with Gasteiger partial charge in [-0.2, -0.15) is 28.8 Å². The minimum absolute atomic E-state index is 0.397. The molecular weight excluding hydrogens is 292 g/mol. The quantitative estimate of drug-likeness (QED) is 0.744. The third-order valence-corrected chi connectivity index (χ3v) is 7.22. The first-order valence-electron chi connectivity index (χ1n) is 6.47. The number of alkyl halides is 1. The van der Waals surface area contributed by atoms with Crippen LogP contribution in [0.2, 0.25) is 0 Å². The summed E-state index contributed by atoms with van der Waals surface area (Å²) in [6.45, 7) is 4.62. The summed E-state index contributed by atoms with van der Waals surface area (Å²) in [5.74, 6) is 2.03. The normalized spacial score (nSPS) is 29.6. The van der Waals surface area contributed by atoms with Crippen LogP contribution in [-0.2, 0) is 10.2 Å². The molecule has 0 bridgehead atoms. The Balaban J connectivity index is 1.98. The van der Waals surface area contributed by atoms with Crippen molar-refractivity contribution in [1.29, 1.82) is 0 Å². The van der Waals surface area contributed by atoms with Crippen molar-refractivity contribution in [2.45, 2.75) is 25.0 Å². The first-order valence-corrected chi connectivity index (χ1v) is 9.45. The van der Waals surface area contributed by atoms with E-state index in [0.29, 0.717) is 43.2 Å². The van der Waals surface area contributed by atoms with Crippen LogP contribution in [0.4, 0.5) is 0 Å². The van der Waals surface area contributed by atoms with Crippen molar-refractivity contribution in [2.24, 2.45) is 5.92 Å². The minimum Gasteiger partial charge on any atom is -0.195 e. The lowest BCUT2D eigenvalue weighted by molar-refractivity contribution is 0.267. The zero-order chi connectivity index (χ0) is 13.2. The molecule has 2 aliphatic rings. The van der Waals surface area contributed by atoms with Crippen LogP contribution >= 0.6 is 23.4 Å². The van der Waals surface area contributed by atoms with Crippen molar-refractivity contribution >= 4 is 33.6 Å². The number of thioether (sulfide) groups is 1. The molecule has 0 aromatic carbocycles. The van der Waals surface area contributed by atoms with Gasteiger partial charge in [0.25, 0.3) is 10.2 Å². The monoisotopic (exact) mass is 312 g/mol. The molecule has 2 rings (SSSR count). The number of hydrogen-bond acceptors (Lipinski definition) is 3. The fourth-order valence-corrected chi connectivity index (χ4v) is 5.72. The van der Waals surface area contributed by atoms with Crippen molar-refractivity contribution < 1.29 is 8.42 Å². The molecule has 0 aliphatic carbocycles. The van der Waals surface area contributed by atoms with Crippen LogP contribution in [0.25, 0.3) is 0 Å². The summed E-state index contributed by atoms with van der Waals surface area (Å²) in [5, 5.41) is 0.397. The fourth-order valence-electron chi connectivity index (χ4n) is 2.45. The van der Waals surface area contributed by atoms with Gasteiger partial charge >= 0.3 is 0 Å². The molecule has 0 saturated carbocycles. The summed E-state index contributed by atoms with van der Waals surface area (Å²) in [4.78, 5) is 0. The zero-order valence-electron chi connectivity index (χ0n) is 10.7. The minimum atomic E-state index is -3.24. The summed E-state index contributed by atoms with van der Waals surface area (Å²) in [7, 11) is -3.24. The van der Waals surface area contributed by atoms with Crippen LogP contribution in [0.15, 0.2) is 0 Å². The average molecular weight is 313 g/mol. The van der Waals surface area contributed by atoms with Gasteiger partial charge in [-0.25, -0.2) is 0 Å². The van der Waals surface area contributed by atoms with E-state index in [-0.39, 0.29) is 0 Å². The molecule has 0 aromatic heterocycles. The molecule has 106 valence electrons. The molecule has 18 heavy (non-hydrogen) atoms. The third-order valence-electron chi connectivity index (χ3n) is 3.65. The molecule has 0 spiro atoms. The Morgan fingerprint density at radius 1 is 1.22 bits per heavy atom. The molecule has 0 aromatic rings. The summed E-state index contributed by atoms with van der Waals surface area (Å²) < 4.78 is 28.3. The number of piperidine rings is 1.